The van der Waals surface area contributed by atoms with Crippen LogP contribution in [0.5, 0.6) is 0 Å². The number of hydrogen-bond acceptors (Lipinski definition) is 6. The van der Waals surface area contributed by atoms with Crippen molar-refractivity contribution in [1.82, 2.24) is 5.48 Å². The van der Waals surface area contributed by atoms with E-state index in [9.17, 15) is 14.8 Å². The molecule has 0 unspecified atom stereocenters. The number of Topliss-reactive ketones (excluding diaryl/α,β-unsaturated/α-hetero) is 1. The lowest BCUT2D eigenvalue weighted by molar-refractivity contribution is -0.706. The predicted octanol–water partition coefficient (Wildman–Crippen LogP) is 2.07. The first-order valence-corrected chi connectivity index (χ1v) is 8.90. The van der Waals surface area contributed by atoms with E-state index in [2.05, 4.69) is 11.6 Å². The molecule has 1 amide bonds. The molecule has 28 heavy (non-hydrogen) atoms. The number of nitrogens with one attached hydrogen (secondary N) is 1. The molecule has 0 radical (unpaired) electrons. The molecule has 8 heteroatoms. The Kier molecular flexibility index (Phi) is 5.60. The van der Waals surface area contributed by atoms with Crippen molar-refractivity contribution in [3.05, 3.63) is 53.6 Å². The molecule has 0 spiro atoms. The number of anilines is 2. The molecule has 146 valence electrons. The number of ketones is 1. The Morgan fingerprint density at radius 1 is 1.04 bits per heavy atom. The molecule has 3 rings (SSSR count). The number of carbonyl (C=O) groups is 2. The second-order valence-electron chi connectivity index (χ2n) is 6.59. The zero-order valence-corrected chi connectivity index (χ0v) is 15.6. The molecule has 2 aromatic carbocycles. The van der Waals surface area contributed by atoms with Crippen molar-refractivity contribution in [3.63, 3.8) is 0 Å². The van der Waals surface area contributed by atoms with Crippen molar-refractivity contribution < 1.29 is 24.7 Å². The van der Waals surface area contributed by atoms with Gasteiger partial charge in [-0.15, -0.1) is 0 Å². The van der Waals surface area contributed by atoms with Crippen LogP contribution in [0.2, 0.25) is 0 Å². The summed E-state index contributed by atoms with van der Waals surface area (Å²) in [6, 6.07) is 12.3. The van der Waals surface area contributed by atoms with E-state index in [1.165, 1.54) is 0 Å². The maximum Gasteiger partial charge on any atom is 0.280 e. The fourth-order valence-corrected chi connectivity index (χ4v) is 3.41. The second kappa shape index (κ2) is 8.10. The average molecular weight is 383 g/mol. The molecule has 0 aromatic heterocycles. The van der Waals surface area contributed by atoms with Gasteiger partial charge in [0.2, 0.25) is 0 Å². The van der Waals surface area contributed by atoms with Gasteiger partial charge in [0, 0.05) is 48.2 Å². The fraction of sp³-hybridized carbons (Fsp3) is 0.250. The van der Waals surface area contributed by atoms with Gasteiger partial charge in [-0.25, -0.2) is 5.48 Å². The van der Waals surface area contributed by atoms with Gasteiger partial charge in [0.25, 0.3) is 11.6 Å². The molecule has 0 bridgehead atoms. The van der Waals surface area contributed by atoms with E-state index >= 15 is 0 Å². The summed E-state index contributed by atoms with van der Waals surface area (Å²) in [5.41, 5.74) is 4.49. The summed E-state index contributed by atoms with van der Waals surface area (Å²) in [6.45, 7) is 7.63. The minimum atomic E-state index is -0.652. The molecule has 1 saturated heterocycles. The maximum absolute atomic E-state index is 12.1. The zero-order chi connectivity index (χ0) is 20.3. The van der Waals surface area contributed by atoms with E-state index < -0.39 is 5.91 Å². The van der Waals surface area contributed by atoms with Crippen molar-refractivity contribution in [2.45, 2.75) is 6.92 Å². The minimum absolute atomic E-state index is 0.0319. The third-order valence-corrected chi connectivity index (χ3v) is 4.87. The highest BCUT2D eigenvalue weighted by atomic mass is 16.5. The molecule has 1 heterocycles. The van der Waals surface area contributed by atoms with Crippen LogP contribution in [0.4, 0.5) is 17.1 Å². The average Bonchev–Trinajstić information content (AvgIpc) is 2.72. The number of carbonyl (C=O) groups excluding carboxylic acids is 2. The van der Waals surface area contributed by atoms with Crippen molar-refractivity contribution in [3.8, 4) is 0 Å². The van der Waals surface area contributed by atoms with Crippen molar-refractivity contribution in [2.24, 2.45) is 0 Å². The van der Waals surface area contributed by atoms with Gasteiger partial charge < -0.3 is 9.80 Å². The second-order valence-corrected chi connectivity index (χ2v) is 6.59. The van der Waals surface area contributed by atoms with Crippen molar-refractivity contribution in [1.29, 1.82) is 0 Å². The smallest absolute Gasteiger partial charge is 0.280 e. The lowest BCUT2D eigenvalue weighted by Gasteiger charge is -2.37. The Bertz CT molecular complexity index is 903. The highest BCUT2D eigenvalue weighted by Crippen LogP contribution is 2.33. The van der Waals surface area contributed by atoms with Crippen LogP contribution in [0.15, 0.2) is 42.5 Å². The van der Waals surface area contributed by atoms with E-state index in [4.69, 9.17) is 5.21 Å². The summed E-state index contributed by atoms with van der Waals surface area (Å²) in [6.07, 6.45) is 0. The SMILES string of the molecule is C=[N+](O)c1cccc(C(=O)NO)c1N1CCN(c2ccc(C(C)=O)cc2)CC1. The normalized spacial score (nSPS) is 13.9. The standard InChI is InChI=1S/C20H22N4O4/c1-14(25)15-6-8-16(9-7-15)23-10-12-24(13-11-23)19-17(20(26)21-27)4-3-5-18(19)22(2)28/h3-9H,2,10-13H2,1H3,(H2-,21,26,27,28)/p+1. The van der Waals surface area contributed by atoms with E-state index in [1.54, 1.807) is 30.6 Å². The van der Waals surface area contributed by atoms with Gasteiger partial charge in [0.15, 0.2) is 12.5 Å². The minimum Gasteiger partial charge on any atom is -0.368 e. The number of hydroxylamine groups is 1. The topological polar surface area (TPSA) is 96.1 Å². The molecule has 1 fully saturated rings. The molecule has 3 N–H and O–H groups in total. The molecule has 1 aliphatic heterocycles. The van der Waals surface area contributed by atoms with Gasteiger partial charge in [-0.2, -0.15) is 0 Å². The summed E-state index contributed by atoms with van der Waals surface area (Å²) < 4.78 is 0.719. The highest BCUT2D eigenvalue weighted by molar-refractivity contribution is 6.01. The third-order valence-electron chi connectivity index (χ3n) is 4.87. The Hall–Kier alpha value is -3.39. The number of benzene rings is 2. The highest BCUT2D eigenvalue weighted by Gasteiger charge is 2.28. The Labute approximate surface area is 162 Å². The van der Waals surface area contributed by atoms with Gasteiger partial charge in [-0.1, -0.05) is 6.07 Å². The number of hydrogen-bond donors (Lipinski definition) is 3. The van der Waals surface area contributed by atoms with Gasteiger partial charge in [0.05, 0.1) is 5.56 Å². The number of amides is 1. The molecule has 2 aromatic rings. The van der Waals surface area contributed by atoms with Crippen molar-refractivity contribution in [2.75, 3.05) is 36.0 Å². The summed E-state index contributed by atoms with van der Waals surface area (Å²) >= 11 is 0. The number of rotatable bonds is 5. The lowest BCUT2D eigenvalue weighted by Crippen LogP contribution is -2.47. The van der Waals surface area contributed by atoms with E-state index in [-0.39, 0.29) is 11.3 Å². The molecule has 1 aliphatic rings. The lowest BCUT2D eigenvalue weighted by atomic mass is 10.1. The van der Waals surface area contributed by atoms with Gasteiger partial charge >= 0.3 is 0 Å². The van der Waals surface area contributed by atoms with Crippen LogP contribution in [-0.2, 0) is 0 Å². The number of para-hydroxylation sites is 1. The van der Waals surface area contributed by atoms with Crippen LogP contribution in [-0.4, -0.2) is 59.7 Å². The Morgan fingerprint density at radius 2 is 1.64 bits per heavy atom. The quantitative estimate of drug-likeness (QED) is 0.183. The first-order valence-electron chi connectivity index (χ1n) is 8.90. The first kappa shape index (κ1) is 19.4. The van der Waals surface area contributed by atoms with E-state index in [0.29, 0.717) is 43.1 Å². The zero-order valence-electron chi connectivity index (χ0n) is 15.6. The fourth-order valence-electron chi connectivity index (χ4n) is 3.41. The van der Waals surface area contributed by atoms with Crippen molar-refractivity contribution >= 4 is 35.5 Å². The molecular weight excluding hydrogens is 360 g/mol. The summed E-state index contributed by atoms with van der Waals surface area (Å²) in [4.78, 5) is 27.7. The summed E-state index contributed by atoms with van der Waals surface area (Å²) in [5.74, 6) is -0.620. The largest absolute Gasteiger partial charge is 0.368 e. The summed E-state index contributed by atoms with van der Waals surface area (Å²) in [5, 5.41) is 18.9. The van der Waals surface area contributed by atoms with Gasteiger partial charge in [-0.05, 0) is 37.3 Å². The molecule has 0 saturated carbocycles. The predicted molar refractivity (Wildman–Crippen MR) is 105 cm³/mol. The van der Waals surface area contributed by atoms with Gasteiger partial charge in [0.1, 0.15) is 5.69 Å². The maximum atomic E-state index is 12.1. The van der Waals surface area contributed by atoms with Crippen LogP contribution < -0.4 is 15.3 Å². The summed E-state index contributed by atoms with van der Waals surface area (Å²) in [7, 11) is 0. The van der Waals surface area contributed by atoms with Crippen LogP contribution in [0, 0.1) is 0 Å². The Morgan fingerprint density at radius 3 is 2.18 bits per heavy atom. The van der Waals surface area contributed by atoms with E-state index in [0.717, 1.165) is 10.4 Å². The van der Waals surface area contributed by atoms with Crippen LogP contribution in [0.25, 0.3) is 0 Å². The van der Waals surface area contributed by atoms with Crippen LogP contribution in [0.3, 0.4) is 0 Å². The van der Waals surface area contributed by atoms with Gasteiger partial charge in [-0.3, -0.25) is 20.0 Å². The molecule has 0 atom stereocenters. The number of nitrogens with zero attached hydrogens (tertiary/aromatic N) is 3. The first-order chi connectivity index (χ1) is 13.4. The number of piperazine rings is 1. The Balaban J connectivity index is 1.82. The van der Waals surface area contributed by atoms with Crippen LogP contribution >= 0.6 is 0 Å². The third kappa shape index (κ3) is 3.81. The van der Waals surface area contributed by atoms with E-state index in [1.807, 2.05) is 29.2 Å². The monoisotopic (exact) mass is 383 g/mol. The van der Waals surface area contributed by atoms with Crippen LogP contribution in [0.1, 0.15) is 27.6 Å². The molecule has 8 nitrogen and oxygen atoms in total. The molecular formula is C20H23N4O4+. The molecule has 0 aliphatic carbocycles.